The molecule has 0 saturated carbocycles. The molecule has 28 aromatic rings. The normalized spacial score (nSPS) is 11.4. The fourth-order valence-electron chi connectivity index (χ4n) is 19.4. The number of thiophene rings is 3. The Morgan fingerprint density at radius 2 is 0.376 bits per heavy atom. The zero-order valence-electron chi connectivity index (χ0n) is 80.0. The molecule has 0 unspecified atom stereocenters. The number of hydrogen-bond donors (Lipinski definition) is 0. The lowest BCUT2D eigenvalue weighted by atomic mass is 9.90. The number of pyridine rings is 1. The monoisotopic (exact) mass is 1960 g/mol. The van der Waals surface area contributed by atoms with E-state index in [0.717, 1.165) is 181 Å². The maximum absolute atomic E-state index is 5.30. The Morgan fingerprint density at radius 3 is 0.705 bits per heavy atom. The Hall–Kier alpha value is -19.2. The quantitative estimate of drug-likeness (QED) is 0.0791. The molecule has 149 heavy (non-hydrogen) atoms. The van der Waals surface area contributed by atoms with Crippen LogP contribution in [0.2, 0.25) is 0 Å². The molecule has 698 valence electrons. The Balaban J connectivity index is 0.000000115. The SMILES string of the molecule is c1ccc(-c2ccc(-c3nc(-c4ccc(-c5ccccc5)cc4)nc(-c4ccc(-c5nc(-c6ccc(-c7ccccc7)cc6)nc6c5sc5ccccc56)cc4)n3)cc2)cc1.c1ccc(-c2nc(-c3cc(-c4cccnc4)cc(-c4cc5ccccc5c5ccccc45)c3)c3sc4ccccc4c3n2)cc1.c1ccc(-c2nc(-c3ccccc3)nc(-c3ccc(-c4nc(-c5ccccc5)nc5c4sc4ccccc45)cc3)n2)cc1. The summed E-state index contributed by atoms with van der Waals surface area (Å²) in [5.41, 5.74) is 28.6. The zero-order valence-corrected chi connectivity index (χ0v) is 82.4. The second kappa shape index (κ2) is 39.8. The minimum absolute atomic E-state index is 0.597. The first-order valence-electron chi connectivity index (χ1n) is 49.3. The van der Waals surface area contributed by atoms with Crippen LogP contribution in [0.3, 0.4) is 0 Å². The largest absolute Gasteiger partial charge is 0.264 e. The van der Waals surface area contributed by atoms with E-state index in [1.54, 1.807) is 34.0 Å². The molecule has 0 aliphatic rings. The summed E-state index contributed by atoms with van der Waals surface area (Å²) in [6, 6.07) is 170. The van der Waals surface area contributed by atoms with Crippen LogP contribution in [0.5, 0.6) is 0 Å². The minimum Gasteiger partial charge on any atom is -0.264 e. The molecule has 0 aliphatic heterocycles. The lowest BCUT2D eigenvalue weighted by molar-refractivity contribution is 1.07. The molecule has 28 rings (SSSR count). The predicted molar refractivity (Wildman–Crippen MR) is 617 cm³/mol. The smallest absolute Gasteiger partial charge is 0.164 e. The Bertz CT molecular complexity index is 9670. The van der Waals surface area contributed by atoms with Crippen molar-refractivity contribution in [2.45, 2.75) is 0 Å². The Labute approximate surface area is 870 Å². The van der Waals surface area contributed by atoms with Crippen LogP contribution in [0.4, 0.5) is 0 Å². The van der Waals surface area contributed by atoms with Crippen molar-refractivity contribution in [3.05, 3.63) is 504 Å². The van der Waals surface area contributed by atoms with Crippen molar-refractivity contribution in [2.24, 2.45) is 0 Å². The Morgan fingerprint density at radius 1 is 0.141 bits per heavy atom. The Kier molecular flexibility index (Phi) is 24.0. The highest BCUT2D eigenvalue weighted by atomic mass is 32.1. The number of rotatable bonds is 17. The van der Waals surface area contributed by atoms with Crippen LogP contribution in [0.25, 0.3) is 274 Å². The van der Waals surface area contributed by atoms with Gasteiger partial charge in [0.05, 0.1) is 47.7 Å². The van der Waals surface area contributed by atoms with Gasteiger partial charge in [0.1, 0.15) is 0 Å². The van der Waals surface area contributed by atoms with Crippen LogP contribution >= 0.6 is 34.0 Å². The summed E-state index contributed by atoms with van der Waals surface area (Å²) < 4.78 is 6.81. The summed E-state index contributed by atoms with van der Waals surface area (Å²) in [6.07, 6.45) is 3.76. The molecule has 0 N–H and O–H groups in total. The van der Waals surface area contributed by atoms with Crippen molar-refractivity contribution in [3.63, 3.8) is 0 Å². The number of aromatic nitrogens is 13. The van der Waals surface area contributed by atoms with Gasteiger partial charge in [-0.3, -0.25) is 4.98 Å². The highest BCUT2D eigenvalue weighted by Gasteiger charge is 2.25. The van der Waals surface area contributed by atoms with E-state index in [4.69, 9.17) is 59.8 Å². The summed E-state index contributed by atoms with van der Waals surface area (Å²) in [6.45, 7) is 0. The fraction of sp³-hybridized carbons (Fsp3) is 0. The lowest BCUT2D eigenvalue weighted by Gasteiger charge is -2.15. The average molecular weight is 1960 g/mol. The van der Waals surface area contributed by atoms with Crippen molar-refractivity contribution in [1.82, 2.24) is 64.8 Å². The molecule has 0 radical (unpaired) electrons. The molecular weight excluding hydrogens is 1880 g/mol. The second-order valence-corrected chi connectivity index (χ2v) is 39.5. The molecule has 0 bridgehead atoms. The molecule has 13 nitrogen and oxygen atoms in total. The van der Waals surface area contributed by atoms with Crippen LogP contribution in [0, 0.1) is 0 Å². The van der Waals surface area contributed by atoms with Crippen LogP contribution in [-0.2, 0) is 0 Å². The third kappa shape index (κ3) is 18.1. The number of fused-ring (bicyclic) bond motifs is 12. The average Bonchev–Trinajstić information content (AvgIpc) is 1.65. The van der Waals surface area contributed by atoms with E-state index in [2.05, 4.69) is 375 Å². The number of benzene rings is 19. The maximum atomic E-state index is 5.30. The van der Waals surface area contributed by atoms with Gasteiger partial charge in [0, 0.05) is 115 Å². The van der Waals surface area contributed by atoms with E-state index in [1.807, 2.05) is 134 Å². The minimum atomic E-state index is 0.597. The van der Waals surface area contributed by atoms with Crippen LogP contribution < -0.4 is 0 Å². The van der Waals surface area contributed by atoms with E-state index >= 15 is 0 Å². The van der Waals surface area contributed by atoms with Gasteiger partial charge in [-0.1, -0.05) is 443 Å². The molecule has 0 spiro atoms. The molecule has 0 fully saturated rings. The van der Waals surface area contributed by atoms with Crippen LogP contribution in [0.1, 0.15) is 0 Å². The third-order valence-corrected chi connectivity index (χ3v) is 30.4. The summed E-state index contributed by atoms with van der Waals surface area (Å²) >= 11 is 5.21. The topological polar surface area (TPSA) is 168 Å². The van der Waals surface area contributed by atoms with Gasteiger partial charge in [0.15, 0.2) is 52.4 Å². The van der Waals surface area contributed by atoms with Crippen molar-refractivity contribution in [3.8, 4) is 192 Å². The first-order valence-corrected chi connectivity index (χ1v) is 51.7. The van der Waals surface area contributed by atoms with Crippen molar-refractivity contribution < 1.29 is 0 Å². The molecule has 16 heteroatoms. The zero-order chi connectivity index (χ0) is 98.9. The highest BCUT2D eigenvalue weighted by molar-refractivity contribution is 7.27. The maximum Gasteiger partial charge on any atom is 0.164 e. The highest BCUT2D eigenvalue weighted by Crippen LogP contribution is 2.48. The molecule has 19 aromatic carbocycles. The van der Waals surface area contributed by atoms with E-state index < -0.39 is 0 Å². The van der Waals surface area contributed by atoms with Crippen LogP contribution in [-0.4, -0.2) is 64.8 Å². The standard InChI is InChI=1S/C55H35N5S.C41H25N3S.C37H23N5S/c1-4-12-36(13-5-1)39-20-28-43(29-21-39)52-56-49(51-50(57-52)47-18-10-11-19-48(47)61-51)42-26-34-46(35-27-42)55-59-53(44-30-22-40(23-31-44)37-14-6-2-7-15-37)58-54(60-55)45-32-24-41(25-33-45)38-16-8-3-9-17-38;1-2-11-26(12-3-1)41-43-38(40-39(44-41)35-18-8-9-19-37(35)45-40)31-22-29(28-14-10-20-42-25-28)21-30(23-31)36-24-27-13-4-5-15-32(27)33-16-6-7-17-34(33)36;1-4-12-25(13-5-1)34-38-31(33-32(39-34)29-18-10-11-19-30(29)43-33)24-20-22-28(23-21-24)37-41-35(26-14-6-2-7-15-26)40-36(42-37)27-16-8-3-9-17-27/h1-35H;1-25H;1-23H. The number of hydrogen-bond acceptors (Lipinski definition) is 16. The first kappa shape index (κ1) is 89.8. The van der Waals surface area contributed by atoms with Gasteiger partial charge >= 0.3 is 0 Å². The van der Waals surface area contributed by atoms with Gasteiger partial charge in [0.2, 0.25) is 0 Å². The second-order valence-electron chi connectivity index (χ2n) is 36.3. The van der Waals surface area contributed by atoms with Crippen molar-refractivity contribution in [1.29, 1.82) is 0 Å². The van der Waals surface area contributed by atoms with E-state index in [1.165, 1.54) is 46.8 Å². The van der Waals surface area contributed by atoms with E-state index in [9.17, 15) is 0 Å². The van der Waals surface area contributed by atoms with Gasteiger partial charge in [0.25, 0.3) is 0 Å². The van der Waals surface area contributed by atoms with Gasteiger partial charge in [-0.15, -0.1) is 34.0 Å². The summed E-state index contributed by atoms with van der Waals surface area (Å²) in [5, 5.41) is 8.39. The number of nitrogens with zero attached hydrogens (tertiary/aromatic N) is 13. The summed E-state index contributed by atoms with van der Waals surface area (Å²) in [4.78, 5) is 65.3. The van der Waals surface area contributed by atoms with Gasteiger partial charge in [-0.25, -0.2) is 59.8 Å². The summed E-state index contributed by atoms with van der Waals surface area (Å²) in [5.74, 6) is 5.87. The van der Waals surface area contributed by atoms with Gasteiger partial charge in [-0.2, -0.15) is 0 Å². The van der Waals surface area contributed by atoms with Crippen molar-refractivity contribution >= 4 is 116 Å². The summed E-state index contributed by atoms with van der Waals surface area (Å²) in [7, 11) is 0. The van der Waals surface area contributed by atoms with Crippen LogP contribution in [0.15, 0.2) is 504 Å². The predicted octanol–water partition coefficient (Wildman–Crippen LogP) is 34.9. The molecule has 0 amide bonds. The molecule has 0 aliphatic carbocycles. The molecule has 9 aromatic heterocycles. The molecule has 0 atom stereocenters. The third-order valence-electron chi connectivity index (χ3n) is 26.9. The lowest BCUT2D eigenvalue weighted by Crippen LogP contribution is -2.00. The van der Waals surface area contributed by atoms with Crippen molar-refractivity contribution in [2.75, 3.05) is 0 Å². The van der Waals surface area contributed by atoms with Gasteiger partial charge in [-0.05, 0) is 120 Å². The molecular formula is C133H83N13S3. The molecule has 0 saturated heterocycles. The fourth-order valence-corrected chi connectivity index (χ4v) is 22.9. The van der Waals surface area contributed by atoms with Gasteiger partial charge < -0.3 is 0 Å². The molecule has 9 heterocycles. The van der Waals surface area contributed by atoms with E-state index in [0.29, 0.717) is 46.6 Å². The van der Waals surface area contributed by atoms with E-state index in [-0.39, 0.29) is 0 Å². The first-order chi connectivity index (χ1) is 73.8.